The van der Waals surface area contributed by atoms with Gasteiger partial charge in [-0.3, -0.25) is 15.2 Å². The highest BCUT2D eigenvalue weighted by atomic mass is 79.9. The van der Waals surface area contributed by atoms with E-state index < -0.39 is 0 Å². The van der Waals surface area contributed by atoms with Crippen molar-refractivity contribution in [2.45, 2.75) is 13.5 Å². The van der Waals surface area contributed by atoms with E-state index in [1.165, 1.54) is 5.56 Å². The molecule has 7 heteroatoms. The van der Waals surface area contributed by atoms with Crippen LogP contribution in [0.1, 0.15) is 21.6 Å². The first-order chi connectivity index (χ1) is 15.6. The zero-order chi connectivity index (χ0) is 22.1. The first kappa shape index (κ1) is 20.2. The number of benzene rings is 3. The molecule has 5 aromatic rings. The van der Waals surface area contributed by atoms with Crippen molar-refractivity contribution in [1.29, 1.82) is 0 Å². The van der Waals surface area contributed by atoms with E-state index in [4.69, 9.17) is 4.98 Å². The Morgan fingerprint density at radius 1 is 1.03 bits per heavy atom. The smallest absolute Gasteiger partial charge is 0.258 e. The van der Waals surface area contributed by atoms with Crippen molar-refractivity contribution >= 4 is 38.7 Å². The summed E-state index contributed by atoms with van der Waals surface area (Å²) in [6, 6.07) is 27.5. The van der Waals surface area contributed by atoms with Crippen LogP contribution in [0, 0.1) is 6.92 Å². The van der Waals surface area contributed by atoms with Gasteiger partial charge < -0.3 is 0 Å². The van der Waals surface area contributed by atoms with Gasteiger partial charge in [0.2, 0.25) is 5.82 Å². The normalized spacial score (nSPS) is 11.1. The molecule has 0 spiro atoms. The number of H-pyrrole nitrogens is 1. The second-order valence-electron chi connectivity index (χ2n) is 7.60. The molecule has 0 radical (unpaired) electrons. The van der Waals surface area contributed by atoms with Gasteiger partial charge in [0.05, 0.1) is 12.1 Å². The number of aryl methyl sites for hydroxylation is 1. The fourth-order valence-electron chi connectivity index (χ4n) is 3.76. The maximum Gasteiger partial charge on any atom is 0.377 e. The minimum Gasteiger partial charge on any atom is -0.258 e. The van der Waals surface area contributed by atoms with Gasteiger partial charge in [-0.2, -0.15) is 0 Å². The fourth-order valence-corrected chi connectivity index (χ4v) is 4.16. The topological polar surface area (TPSA) is 66.6 Å². The highest BCUT2D eigenvalue weighted by Gasteiger charge is 2.25. The van der Waals surface area contributed by atoms with E-state index in [1.807, 2.05) is 66.2 Å². The van der Waals surface area contributed by atoms with E-state index in [-0.39, 0.29) is 5.91 Å². The van der Waals surface area contributed by atoms with Crippen molar-refractivity contribution in [1.82, 2.24) is 14.6 Å². The summed E-state index contributed by atoms with van der Waals surface area (Å²) in [7, 11) is 0. The number of amides is 1. The Morgan fingerprint density at radius 2 is 1.81 bits per heavy atom. The Morgan fingerprint density at radius 3 is 2.62 bits per heavy atom. The first-order valence-electron chi connectivity index (χ1n) is 10.3. The first-order valence-corrected chi connectivity index (χ1v) is 11.1. The molecule has 0 atom stereocenters. The summed E-state index contributed by atoms with van der Waals surface area (Å²) in [6.45, 7) is 2.61. The van der Waals surface area contributed by atoms with Crippen LogP contribution in [-0.2, 0) is 6.54 Å². The molecule has 0 fully saturated rings. The van der Waals surface area contributed by atoms with Gasteiger partial charge in [-0.25, -0.2) is 4.57 Å². The Kier molecular flexibility index (Phi) is 5.33. The summed E-state index contributed by atoms with van der Waals surface area (Å²) in [5, 5.41) is 6.35. The number of hydrogen-bond donors (Lipinski definition) is 2. The van der Waals surface area contributed by atoms with Crippen LogP contribution in [0.5, 0.6) is 0 Å². The molecule has 32 heavy (non-hydrogen) atoms. The molecule has 158 valence electrons. The molecule has 2 heterocycles. The molecule has 0 unspecified atom stereocenters. The SMILES string of the molecule is Cc1cc(NC(=O)c2cccc(Br)c2)[n+](-c2nc3ccccc3n2Cc2ccccc2)[nH]1. The lowest BCUT2D eigenvalue weighted by Gasteiger charge is -2.07. The molecule has 6 nitrogen and oxygen atoms in total. The van der Waals surface area contributed by atoms with Crippen LogP contribution in [0.25, 0.3) is 17.0 Å². The summed E-state index contributed by atoms with van der Waals surface area (Å²) in [5.74, 6) is 1.13. The van der Waals surface area contributed by atoms with Crippen molar-refractivity contribution < 1.29 is 9.48 Å². The van der Waals surface area contributed by atoms with Gasteiger partial charge >= 0.3 is 5.95 Å². The zero-order valence-corrected chi connectivity index (χ0v) is 19.0. The van der Waals surface area contributed by atoms with Crippen LogP contribution in [0.4, 0.5) is 5.82 Å². The average molecular weight is 487 g/mol. The third-order valence-corrected chi connectivity index (χ3v) is 5.72. The Bertz CT molecular complexity index is 1420. The molecule has 0 aliphatic rings. The molecule has 2 N–H and O–H groups in total. The van der Waals surface area contributed by atoms with Crippen LogP contribution in [0.15, 0.2) is 89.4 Å². The number of aromatic amines is 1. The van der Waals surface area contributed by atoms with Crippen LogP contribution in [-0.4, -0.2) is 20.6 Å². The standard InChI is InChI=1S/C25H20BrN5O/c1-17-14-23(28-24(32)19-10-7-11-20(26)15-19)31(29-17)25-27-21-12-5-6-13-22(21)30(25)16-18-8-3-2-4-9-18/h2-15H,16H2,1H3,(H,28,29,32)/p+1. The number of para-hydroxylation sites is 2. The molecular formula is C25H21BrN5O+. The van der Waals surface area contributed by atoms with E-state index in [9.17, 15) is 4.79 Å². The number of carbonyl (C=O) groups is 1. The number of nitrogens with one attached hydrogen (secondary N) is 2. The molecule has 2 aromatic heterocycles. The molecule has 5 rings (SSSR count). The fraction of sp³-hybridized carbons (Fsp3) is 0.0800. The van der Waals surface area contributed by atoms with E-state index in [0.717, 1.165) is 21.2 Å². The summed E-state index contributed by atoms with van der Waals surface area (Å²) in [6.07, 6.45) is 0. The van der Waals surface area contributed by atoms with Crippen LogP contribution in [0.3, 0.4) is 0 Å². The maximum atomic E-state index is 12.9. The average Bonchev–Trinajstić information content (AvgIpc) is 3.34. The number of halogens is 1. The quantitative estimate of drug-likeness (QED) is 0.342. The van der Waals surface area contributed by atoms with E-state index in [2.05, 4.69) is 49.1 Å². The van der Waals surface area contributed by atoms with Crippen molar-refractivity contribution in [3.63, 3.8) is 0 Å². The van der Waals surface area contributed by atoms with E-state index in [1.54, 1.807) is 12.1 Å². The Labute approximate surface area is 193 Å². The van der Waals surface area contributed by atoms with Gasteiger partial charge in [0, 0.05) is 16.2 Å². The minimum absolute atomic E-state index is 0.190. The monoisotopic (exact) mass is 486 g/mol. The lowest BCUT2D eigenvalue weighted by Crippen LogP contribution is -2.40. The molecule has 3 aromatic carbocycles. The number of aromatic nitrogens is 4. The van der Waals surface area contributed by atoms with Gasteiger partial charge in [-0.05, 0) is 42.8 Å². The highest BCUT2D eigenvalue weighted by molar-refractivity contribution is 9.10. The number of anilines is 1. The Balaban J connectivity index is 1.59. The highest BCUT2D eigenvalue weighted by Crippen LogP contribution is 2.20. The van der Waals surface area contributed by atoms with Gasteiger partial charge in [-0.15, -0.1) is 9.67 Å². The van der Waals surface area contributed by atoms with Crippen molar-refractivity contribution in [2.24, 2.45) is 0 Å². The number of fused-ring (bicyclic) bond motifs is 1. The number of carbonyl (C=O) groups excluding carboxylic acids is 1. The predicted molar refractivity (Wildman–Crippen MR) is 128 cm³/mol. The summed E-state index contributed by atoms with van der Waals surface area (Å²) < 4.78 is 4.83. The third-order valence-electron chi connectivity index (χ3n) is 5.23. The second-order valence-corrected chi connectivity index (χ2v) is 8.51. The summed E-state index contributed by atoms with van der Waals surface area (Å²) >= 11 is 3.43. The van der Waals surface area contributed by atoms with Gasteiger partial charge in [0.1, 0.15) is 5.52 Å². The number of imidazole rings is 1. The lowest BCUT2D eigenvalue weighted by molar-refractivity contribution is -0.650. The van der Waals surface area contributed by atoms with Crippen LogP contribution >= 0.6 is 15.9 Å². The number of hydrogen-bond acceptors (Lipinski definition) is 2. The molecular weight excluding hydrogens is 466 g/mol. The van der Waals surface area contributed by atoms with Gasteiger partial charge in [-0.1, -0.05) is 64.5 Å². The van der Waals surface area contributed by atoms with Crippen LogP contribution in [0.2, 0.25) is 0 Å². The third kappa shape index (κ3) is 3.94. The minimum atomic E-state index is -0.190. The largest absolute Gasteiger partial charge is 0.377 e. The second kappa shape index (κ2) is 8.43. The van der Waals surface area contributed by atoms with Crippen molar-refractivity contribution in [2.75, 3.05) is 5.32 Å². The number of rotatable bonds is 5. The van der Waals surface area contributed by atoms with E-state index >= 15 is 0 Å². The summed E-state index contributed by atoms with van der Waals surface area (Å²) in [4.78, 5) is 17.8. The maximum absolute atomic E-state index is 12.9. The molecule has 0 saturated carbocycles. The molecule has 0 aliphatic heterocycles. The molecule has 1 amide bonds. The zero-order valence-electron chi connectivity index (χ0n) is 17.4. The van der Waals surface area contributed by atoms with Crippen molar-refractivity contribution in [3.8, 4) is 5.95 Å². The van der Waals surface area contributed by atoms with Gasteiger partial charge in [0.25, 0.3) is 5.91 Å². The van der Waals surface area contributed by atoms with Crippen LogP contribution < -0.4 is 10.00 Å². The predicted octanol–water partition coefficient (Wildman–Crippen LogP) is 5.01. The van der Waals surface area contributed by atoms with Gasteiger partial charge in [0.15, 0.2) is 5.52 Å². The Hall–Kier alpha value is -3.71. The van der Waals surface area contributed by atoms with Crippen molar-refractivity contribution in [3.05, 3.63) is 106 Å². The van der Waals surface area contributed by atoms with E-state index in [0.29, 0.717) is 23.9 Å². The molecule has 0 bridgehead atoms. The number of nitrogens with zero attached hydrogens (tertiary/aromatic N) is 3. The summed E-state index contributed by atoms with van der Waals surface area (Å²) in [5.41, 5.74) is 4.56. The molecule has 0 saturated heterocycles. The lowest BCUT2D eigenvalue weighted by atomic mass is 10.2. The molecule has 0 aliphatic carbocycles.